The second kappa shape index (κ2) is 16.5. The zero-order valence-electron chi connectivity index (χ0n) is 27.9. The van der Waals surface area contributed by atoms with E-state index in [0.29, 0.717) is 25.2 Å². The number of rotatable bonds is 10. The summed E-state index contributed by atoms with van der Waals surface area (Å²) in [6.45, 7) is 5.71. The minimum Gasteiger partial charge on any atom is -0.497 e. The van der Waals surface area contributed by atoms with Crippen LogP contribution in [0, 0.1) is 5.92 Å². The molecule has 1 aliphatic rings. The van der Waals surface area contributed by atoms with E-state index in [-0.39, 0.29) is 57.8 Å². The van der Waals surface area contributed by atoms with E-state index in [0.717, 1.165) is 17.8 Å². The standard InChI is InChI=1S/C33H45N3O9S3/c1-23-20-36(24(2)22-37)33(38)29-19-26(34-47(39,40)28-14-12-27(43-5)13-15-28)11-16-30(29)45-25(3)9-6-7-17-44-31(23)21-35(4)48(41,42)32-10-8-18-46-32/h8,10-16,18-19,23-25,31,34,37H,6-7,9,17,20-22H2,1-5H3/t23-,24-,25+,31-/m1/s1. The van der Waals surface area contributed by atoms with Gasteiger partial charge in [0.25, 0.3) is 26.0 Å². The topological polar surface area (TPSA) is 152 Å². The summed E-state index contributed by atoms with van der Waals surface area (Å²) >= 11 is 1.14. The number of amides is 1. The van der Waals surface area contributed by atoms with Gasteiger partial charge < -0.3 is 24.2 Å². The number of aliphatic hydroxyl groups excluding tert-OH is 1. The van der Waals surface area contributed by atoms with Crippen LogP contribution < -0.4 is 14.2 Å². The summed E-state index contributed by atoms with van der Waals surface area (Å²) in [6.07, 6.45) is 1.30. The normalized spacial score (nSPS) is 20.8. The molecule has 48 heavy (non-hydrogen) atoms. The number of likely N-dealkylation sites (N-methyl/N-ethyl adjacent to an activating group) is 1. The Morgan fingerprint density at radius 1 is 1.10 bits per heavy atom. The minimum absolute atomic E-state index is 0.0149. The first-order valence-electron chi connectivity index (χ1n) is 15.8. The second-order valence-electron chi connectivity index (χ2n) is 12.0. The molecular formula is C33H45N3O9S3. The quantitative estimate of drug-likeness (QED) is 0.304. The summed E-state index contributed by atoms with van der Waals surface area (Å²) in [5, 5.41) is 11.9. The maximum atomic E-state index is 14.4. The number of carbonyl (C=O) groups is 1. The van der Waals surface area contributed by atoms with Crippen molar-refractivity contribution < 1.29 is 40.9 Å². The number of ether oxygens (including phenoxy) is 3. The molecule has 2 heterocycles. The molecule has 0 bridgehead atoms. The highest BCUT2D eigenvalue weighted by Crippen LogP contribution is 2.30. The van der Waals surface area contributed by atoms with Gasteiger partial charge in [-0.15, -0.1) is 11.3 Å². The van der Waals surface area contributed by atoms with E-state index in [4.69, 9.17) is 14.2 Å². The highest BCUT2D eigenvalue weighted by Gasteiger charge is 2.33. The van der Waals surface area contributed by atoms with Crippen molar-refractivity contribution in [2.75, 3.05) is 45.2 Å². The van der Waals surface area contributed by atoms with Crippen molar-refractivity contribution in [1.82, 2.24) is 9.21 Å². The fraction of sp³-hybridized carbons (Fsp3) is 0.485. The predicted octanol–water partition coefficient (Wildman–Crippen LogP) is 4.67. The fourth-order valence-corrected chi connectivity index (χ4v) is 8.77. The number of hydrogen-bond acceptors (Lipinski definition) is 10. The van der Waals surface area contributed by atoms with Crippen LogP contribution in [0.2, 0.25) is 0 Å². The lowest BCUT2D eigenvalue weighted by Gasteiger charge is -2.35. The number of nitrogens with one attached hydrogen (secondary N) is 1. The van der Waals surface area contributed by atoms with Crippen LogP contribution in [0.5, 0.6) is 11.5 Å². The molecule has 12 nitrogen and oxygen atoms in total. The highest BCUT2D eigenvalue weighted by molar-refractivity contribution is 7.92. The summed E-state index contributed by atoms with van der Waals surface area (Å²) in [5.41, 5.74) is 0.276. The molecular weight excluding hydrogens is 679 g/mol. The number of carbonyl (C=O) groups excluding carboxylic acids is 1. The van der Waals surface area contributed by atoms with Crippen LogP contribution in [0.3, 0.4) is 0 Å². The Morgan fingerprint density at radius 2 is 1.83 bits per heavy atom. The molecule has 0 fully saturated rings. The van der Waals surface area contributed by atoms with Crippen LogP contribution >= 0.6 is 11.3 Å². The lowest BCUT2D eigenvalue weighted by Crippen LogP contribution is -2.48. The van der Waals surface area contributed by atoms with E-state index in [9.17, 15) is 26.7 Å². The molecule has 1 aliphatic heterocycles. The maximum absolute atomic E-state index is 14.4. The molecule has 0 spiro atoms. The zero-order chi connectivity index (χ0) is 35.1. The van der Waals surface area contributed by atoms with Crippen LogP contribution in [0.4, 0.5) is 5.69 Å². The number of aliphatic hydroxyl groups is 1. The van der Waals surface area contributed by atoms with E-state index in [2.05, 4.69) is 4.72 Å². The summed E-state index contributed by atoms with van der Waals surface area (Å²) < 4.78 is 74.7. The van der Waals surface area contributed by atoms with Crippen molar-refractivity contribution in [2.24, 2.45) is 5.92 Å². The molecule has 1 aromatic heterocycles. The fourth-order valence-electron chi connectivity index (χ4n) is 5.33. The molecule has 0 saturated carbocycles. The number of anilines is 1. The van der Waals surface area contributed by atoms with E-state index in [1.54, 1.807) is 48.7 Å². The number of hydrogen-bond donors (Lipinski definition) is 2. The average Bonchev–Trinajstić information content (AvgIpc) is 3.62. The molecule has 264 valence electrons. The van der Waals surface area contributed by atoms with Crippen LogP contribution in [-0.4, -0.2) is 95.8 Å². The Morgan fingerprint density at radius 3 is 2.48 bits per heavy atom. The molecule has 0 saturated heterocycles. The van der Waals surface area contributed by atoms with Gasteiger partial charge in [0.15, 0.2) is 0 Å². The number of benzene rings is 2. The van der Waals surface area contributed by atoms with Crippen LogP contribution in [-0.2, 0) is 24.8 Å². The van der Waals surface area contributed by atoms with Gasteiger partial charge in [0.2, 0.25) is 0 Å². The lowest BCUT2D eigenvalue weighted by molar-refractivity contribution is -0.00832. The van der Waals surface area contributed by atoms with Gasteiger partial charge in [-0.3, -0.25) is 9.52 Å². The molecule has 1 amide bonds. The molecule has 0 aliphatic carbocycles. The van der Waals surface area contributed by atoms with Gasteiger partial charge in [0.1, 0.15) is 15.7 Å². The molecule has 15 heteroatoms. The highest BCUT2D eigenvalue weighted by atomic mass is 32.2. The largest absolute Gasteiger partial charge is 0.497 e. The van der Waals surface area contributed by atoms with Gasteiger partial charge in [-0.25, -0.2) is 16.8 Å². The predicted molar refractivity (Wildman–Crippen MR) is 185 cm³/mol. The van der Waals surface area contributed by atoms with Crippen molar-refractivity contribution in [3.8, 4) is 11.5 Å². The molecule has 4 rings (SSSR count). The van der Waals surface area contributed by atoms with Gasteiger partial charge in [-0.1, -0.05) is 13.0 Å². The third-order valence-electron chi connectivity index (χ3n) is 8.27. The van der Waals surface area contributed by atoms with Crippen molar-refractivity contribution in [2.45, 2.75) is 67.4 Å². The van der Waals surface area contributed by atoms with E-state index in [1.807, 2.05) is 13.8 Å². The first-order chi connectivity index (χ1) is 22.8. The van der Waals surface area contributed by atoms with Gasteiger partial charge in [-0.2, -0.15) is 4.31 Å². The third kappa shape index (κ3) is 9.27. The first kappa shape index (κ1) is 37.6. The summed E-state index contributed by atoms with van der Waals surface area (Å²) in [7, 11) is -4.76. The van der Waals surface area contributed by atoms with Crippen molar-refractivity contribution in [3.63, 3.8) is 0 Å². The number of thiophene rings is 1. The second-order valence-corrected chi connectivity index (χ2v) is 16.9. The van der Waals surface area contributed by atoms with Gasteiger partial charge in [-0.05, 0) is 87.0 Å². The molecule has 2 N–H and O–H groups in total. The van der Waals surface area contributed by atoms with Crippen LogP contribution in [0.25, 0.3) is 0 Å². The van der Waals surface area contributed by atoms with Gasteiger partial charge >= 0.3 is 0 Å². The zero-order valence-corrected chi connectivity index (χ0v) is 30.3. The Bertz CT molecular complexity index is 1720. The van der Waals surface area contributed by atoms with E-state index in [1.165, 1.54) is 41.6 Å². The Hall–Kier alpha value is -3.21. The average molecular weight is 724 g/mol. The summed E-state index contributed by atoms with van der Waals surface area (Å²) in [6, 6.07) is 13.1. The number of sulfonamides is 2. The van der Waals surface area contributed by atoms with Crippen molar-refractivity contribution in [1.29, 1.82) is 0 Å². The van der Waals surface area contributed by atoms with E-state index >= 15 is 0 Å². The van der Waals surface area contributed by atoms with Gasteiger partial charge in [0, 0.05) is 38.3 Å². The number of nitrogens with zero attached hydrogens (tertiary/aromatic N) is 2. The Labute approximate surface area is 287 Å². The van der Waals surface area contributed by atoms with E-state index < -0.39 is 38.1 Å². The molecule has 0 unspecified atom stereocenters. The Balaban J connectivity index is 1.67. The minimum atomic E-state index is -4.01. The van der Waals surface area contributed by atoms with Gasteiger partial charge in [0.05, 0.1) is 42.4 Å². The maximum Gasteiger partial charge on any atom is 0.261 e. The van der Waals surface area contributed by atoms with Crippen LogP contribution in [0.1, 0.15) is 50.4 Å². The van der Waals surface area contributed by atoms with Crippen LogP contribution in [0.15, 0.2) is 69.1 Å². The van der Waals surface area contributed by atoms with Crippen molar-refractivity contribution in [3.05, 3.63) is 65.5 Å². The third-order valence-corrected chi connectivity index (χ3v) is 12.9. The smallest absolute Gasteiger partial charge is 0.261 e. The SMILES string of the molecule is COc1ccc(S(=O)(=O)Nc2ccc3c(c2)C(=O)N([C@H](C)CO)C[C@@H](C)[C@@H](CN(C)S(=O)(=O)c2cccs2)OCCCC[C@H](C)O3)cc1. The molecule has 4 atom stereocenters. The molecule has 0 radical (unpaired) electrons. The molecule has 3 aromatic rings. The summed E-state index contributed by atoms with van der Waals surface area (Å²) in [5.74, 6) is -0.0411. The Kier molecular flexibility index (Phi) is 12.9. The lowest BCUT2D eigenvalue weighted by atomic mass is 10.0. The number of fused-ring (bicyclic) bond motifs is 1. The summed E-state index contributed by atoms with van der Waals surface area (Å²) in [4.78, 5) is 15.9. The molecule has 2 aromatic carbocycles. The number of methoxy groups -OCH3 is 1. The first-order valence-corrected chi connectivity index (χ1v) is 19.6. The van der Waals surface area contributed by atoms with Crippen molar-refractivity contribution >= 4 is 43.0 Å². The monoisotopic (exact) mass is 723 g/mol.